The summed E-state index contributed by atoms with van der Waals surface area (Å²) >= 11 is 5.08. The number of aryl methyl sites for hydroxylation is 2. The van der Waals surface area contributed by atoms with E-state index in [4.69, 9.17) is 0 Å². The molecular weight excluding hydrogens is 298 g/mol. The fourth-order valence-corrected chi connectivity index (χ4v) is 4.25. The average molecular weight is 316 g/mol. The van der Waals surface area contributed by atoms with Gasteiger partial charge in [0.25, 0.3) is 5.91 Å². The molecule has 1 aromatic heterocycles. The molecule has 94 valence electrons. The molecule has 1 N–H and O–H groups in total. The van der Waals surface area contributed by atoms with Crippen molar-refractivity contribution in [3.05, 3.63) is 21.4 Å². The predicted molar refractivity (Wildman–Crippen MR) is 76.3 cm³/mol. The number of thiophene rings is 1. The van der Waals surface area contributed by atoms with Gasteiger partial charge in [0.1, 0.15) is 0 Å². The molecule has 0 aromatic carbocycles. The van der Waals surface area contributed by atoms with Crippen molar-refractivity contribution in [1.82, 2.24) is 5.32 Å². The molecule has 0 unspecified atom stereocenters. The van der Waals surface area contributed by atoms with Crippen LogP contribution in [0.2, 0.25) is 0 Å². The van der Waals surface area contributed by atoms with Crippen LogP contribution in [0.1, 0.15) is 46.8 Å². The maximum Gasteiger partial charge on any atom is 0.261 e. The summed E-state index contributed by atoms with van der Waals surface area (Å²) in [6.07, 6.45) is 4.48. The molecule has 0 bridgehead atoms. The topological polar surface area (TPSA) is 29.1 Å². The molecule has 1 heterocycles. The highest BCUT2D eigenvalue weighted by Crippen LogP contribution is 2.30. The van der Waals surface area contributed by atoms with Crippen LogP contribution in [0, 0.1) is 0 Å². The Morgan fingerprint density at radius 1 is 1.53 bits per heavy atom. The summed E-state index contributed by atoms with van der Waals surface area (Å²) in [4.78, 5) is 14.4. The van der Waals surface area contributed by atoms with Gasteiger partial charge in [-0.2, -0.15) is 0 Å². The third-order valence-electron chi connectivity index (χ3n) is 3.14. The molecule has 0 saturated carbocycles. The molecule has 2 rings (SSSR count). The van der Waals surface area contributed by atoms with Gasteiger partial charge in [0.2, 0.25) is 0 Å². The van der Waals surface area contributed by atoms with Gasteiger partial charge in [-0.3, -0.25) is 4.79 Å². The molecule has 0 radical (unpaired) electrons. The molecule has 1 amide bonds. The van der Waals surface area contributed by atoms with Crippen molar-refractivity contribution in [2.24, 2.45) is 0 Å². The molecular formula is C13H18BrNOS. The summed E-state index contributed by atoms with van der Waals surface area (Å²) in [6.45, 7) is 4.13. The van der Waals surface area contributed by atoms with Crippen LogP contribution < -0.4 is 5.32 Å². The lowest BCUT2D eigenvalue weighted by Gasteiger charge is -2.25. The Balaban J connectivity index is 2.04. The first-order valence-corrected chi connectivity index (χ1v) is 7.96. The van der Waals surface area contributed by atoms with E-state index in [0.29, 0.717) is 0 Å². The van der Waals surface area contributed by atoms with Gasteiger partial charge in [-0.05, 0) is 51.2 Å². The highest BCUT2D eigenvalue weighted by molar-refractivity contribution is 9.09. The smallest absolute Gasteiger partial charge is 0.261 e. The fraction of sp³-hybridized carbons (Fsp3) is 0.615. The standard InChI is InChI=1S/C13H18BrNOS/c1-13(2,6-7-14)15-12(16)11-8-9-4-3-5-10(9)17-11/h8H,3-7H2,1-2H3,(H,15,16). The van der Waals surface area contributed by atoms with Crippen molar-refractivity contribution in [1.29, 1.82) is 0 Å². The second-order valence-electron chi connectivity index (χ2n) is 5.19. The Bertz CT molecular complexity index is 404. The second-order valence-corrected chi connectivity index (χ2v) is 7.12. The summed E-state index contributed by atoms with van der Waals surface area (Å²) in [5.41, 5.74) is 1.24. The Morgan fingerprint density at radius 3 is 2.94 bits per heavy atom. The van der Waals surface area contributed by atoms with Crippen molar-refractivity contribution >= 4 is 33.2 Å². The van der Waals surface area contributed by atoms with Crippen molar-refractivity contribution < 1.29 is 4.79 Å². The Labute approximate surface area is 115 Å². The Morgan fingerprint density at radius 2 is 2.29 bits per heavy atom. The Kier molecular flexibility index (Phi) is 3.93. The minimum absolute atomic E-state index is 0.0790. The van der Waals surface area contributed by atoms with Gasteiger partial charge in [0, 0.05) is 15.7 Å². The van der Waals surface area contributed by atoms with Crippen LogP contribution in [0.5, 0.6) is 0 Å². The van der Waals surface area contributed by atoms with E-state index in [0.717, 1.165) is 29.5 Å². The quantitative estimate of drug-likeness (QED) is 0.846. The fourth-order valence-electron chi connectivity index (χ4n) is 2.11. The predicted octanol–water partition coefficient (Wildman–Crippen LogP) is 3.53. The van der Waals surface area contributed by atoms with E-state index >= 15 is 0 Å². The average Bonchev–Trinajstić information content (AvgIpc) is 2.74. The van der Waals surface area contributed by atoms with E-state index in [-0.39, 0.29) is 11.4 Å². The second kappa shape index (κ2) is 5.11. The number of halogens is 1. The molecule has 2 nitrogen and oxygen atoms in total. The van der Waals surface area contributed by atoms with Gasteiger partial charge in [-0.1, -0.05) is 15.9 Å². The van der Waals surface area contributed by atoms with Crippen LogP contribution in [0.25, 0.3) is 0 Å². The lowest BCUT2D eigenvalue weighted by atomic mass is 10.0. The van der Waals surface area contributed by atoms with Gasteiger partial charge in [0.05, 0.1) is 4.88 Å². The van der Waals surface area contributed by atoms with Gasteiger partial charge in [0.15, 0.2) is 0 Å². The highest BCUT2D eigenvalue weighted by Gasteiger charge is 2.23. The molecule has 0 saturated heterocycles. The van der Waals surface area contributed by atoms with Crippen LogP contribution in [0.3, 0.4) is 0 Å². The number of amides is 1. The van der Waals surface area contributed by atoms with Crippen LogP contribution in [0.4, 0.5) is 0 Å². The molecule has 0 atom stereocenters. The van der Waals surface area contributed by atoms with E-state index < -0.39 is 0 Å². The van der Waals surface area contributed by atoms with E-state index in [1.54, 1.807) is 11.3 Å². The lowest BCUT2D eigenvalue weighted by molar-refractivity contribution is 0.0916. The van der Waals surface area contributed by atoms with E-state index in [1.165, 1.54) is 16.9 Å². The number of hydrogen-bond donors (Lipinski definition) is 1. The van der Waals surface area contributed by atoms with E-state index in [9.17, 15) is 4.79 Å². The minimum atomic E-state index is -0.144. The molecule has 1 aromatic rings. The van der Waals surface area contributed by atoms with Crippen LogP contribution in [-0.4, -0.2) is 16.8 Å². The lowest BCUT2D eigenvalue weighted by Crippen LogP contribution is -2.43. The number of fused-ring (bicyclic) bond motifs is 1. The van der Waals surface area contributed by atoms with Gasteiger partial charge >= 0.3 is 0 Å². The summed E-state index contributed by atoms with van der Waals surface area (Å²) < 4.78 is 0. The SMILES string of the molecule is CC(C)(CCBr)NC(=O)c1cc2c(s1)CCC2. The largest absolute Gasteiger partial charge is 0.346 e. The summed E-state index contributed by atoms with van der Waals surface area (Å²) in [6, 6.07) is 2.08. The molecule has 1 aliphatic rings. The molecule has 4 heteroatoms. The van der Waals surface area contributed by atoms with Crippen LogP contribution in [0.15, 0.2) is 6.07 Å². The van der Waals surface area contributed by atoms with Gasteiger partial charge in [-0.15, -0.1) is 11.3 Å². The zero-order chi connectivity index (χ0) is 12.5. The van der Waals surface area contributed by atoms with Gasteiger partial charge in [-0.25, -0.2) is 0 Å². The number of carbonyl (C=O) groups excluding carboxylic acids is 1. The van der Waals surface area contributed by atoms with E-state index in [1.807, 2.05) is 0 Å². The normalized spacial score (nSPS) is 14.8. The minimum Gasteiger partial charge on any atom is -0.346 e. The van der Waals surface area contributed by atoms with Crippen molar-refractivity contribution in [3.8, 4) is 0 Å². The zero-order valence-electron chi connectivity index (χ0n) is 10.3. The number of alkyl halides is 1. The molecule has 0 aliphatic heterocycles. The van der Waals surface area contributed by atoms with Gasteiger partial charge < -0.3 is 5.32 Å². The van der Waals surface area contributed by atoms with Crippen molar-refractivity contribution in [2.75, 3.05) is 5.33 Å². The molecule has 1 aliphatic carbocycles. The summed E-state index contributed by atoms with van der Waals surface area (Å²) in [5.74, 6) is 0.0790. The monoisotopic (exact) mass is 315 g/mol. The van der Waals surface area contributed by atoms with Crippen molar-refractivity contribution in [3.63, 3.8) is 0 Å². The zero-order valence-corrected chi connectivity index (χ0v) is 12.7. The maximum atomic E-state index is 12.1. The Hall–Kier alpha value is -0.350. The van der Waals surface area contributed by atoms with Crippen LogP contribution in [-0.2, 0) is 12.8 Å². The van der Waals surface area contributed by atoms with E-state index in [2.05, 4.69) is 41.2 Å². The van der Waals surface area contributed by atoms with Crippen molar-refractivity contribution in [2.45, 2.75) is 45.1 Å². The number of hydrogen-bond acceptors (Lipinski definition) is 2. The van der Waals surface area contributed by atoms with Crippen LogP contribution >= 0.6 is 27.3 Å². The molecule has 0 fully saturated rings. The number of nitrogens with one attached hydrogen (secondary N) is 1. The maximum absolute atomic E-state index is 12.1. The summed E-state index contributed by atoms with van der Waals surface area (Å²) in [7, 11) is 0. The third kappa shape index (κ3) is 3.10. The third-order valence-corrected chi connectivity index (χ3v) is 4.77. The highest BCUT2D eigenvalue weighted by atomic mass is 79.9. The number of carbonyl (C=O) groups is 1. The first-order valence-electron chi connectivity index (χ1n) is 6.02. The first kappa shape index (κ1) is 13.1. The first-order chi connectivity index (χ1) is 8.02. The molecule has 0 spiro atoms. The molecule has 17 heavy (non-hydrogen) atoms. The number of rotatable bonds is 4. The summed E-state index contributed by atoms with van der Waals surface area (Å²) in [5, 5.41) is 4.01.